The summed E-state index contributed by atoms with van der Waals surface area (Å²) in [6.07, 6.45) is 1.95. The van der Waals surface area contributed by atoms with Crippen LogP contribution in [0.3, 0.4) is 0 Å². The highest BCUT2D eigenvalue weighted by atomic mass is 32.2. The lowest BCUT2D eigenvalue weighted by Gasteiger charge is -2.36. The van der Waals surface area contributed by atoms with Gasteiger partial charge in [0.05, 0.1) is 4.90 Å². The largest absolute Gasteiger partial charge is 0.445 e. The number of amides is 3. The minimum absolute atomic E-state index is 0.0574. The van der Waals surface area contributed by atoms with Crippen LogP contribution in [0.1, 0.15) is 24.8 Å². The van der Waals surface area contributed by atoms with Crippen molar-refractivity contribution >= 4 is 44.4 Å². The van der Waals surface area contributed by atoms with Crippen molar-refractivity contribution in [3.63, 3.8) is 0 Å². The van der Waals surface area contributed by atoms with Gasteiger partial charge in [-0.25, -0.2) is 13.2 Å². The third kappa shape index (κ3) is 8.61. The van der Waals surface area contributed by atoms with Crippen molar-refractivity contribution in [3.05, 3.63) is 84.9 Å². The fourth-order valence-electron chi connectivity index (χ4n) is 5.31. The molecule has 3 aromatic rings. The third-order valence-electron chi connectivity index (χ3n) is 7.72. The molecule has 1 atom stereocenters. The maximum absolute atomic E-state index is 13.8. The molecule has 0 bridgehead atoms. The third-order valence-corrected chi connectivity index (χ3v) is 9.67. The summed E-state index contributed by atoms with van der Waals surface area (Å²) >= 11 is 0. The van der Waals surface area contributed by atoms with E-state index in [4.69, 9.17) is 4.74 Å². The van der Waals surface area contributed by atoms with Crippen LogP contribution >= 0.6 is 0 Å². The quantitative estimate of drug-likeness (QED) is 0.217. The van der Waals surface area contributed by atoms with Gasteiger partial charge < -0.3 is 25.2 Å². The average Bonchev–Trinajstić information content (AvgIpc) is 3.06. The van der Waals surface area contributed by atoms with Gasteiger partial charge >= 0.3 is 6.09 Å². The zero-order valence-corrected chi connectivity index (χ0v) is 26.6. The number of carbonyl (C=O) groups excluding carboxylic acids is 3. The average molecular weight is 636 g/mol. The Morgan fingerprint density at radius 2 is 1.62 bits per heavy atom. The molecule has 3 amide bonds. The lowest BCUT2D eigenvalue weighted by molar-refractivity contribution is -0.134. The summed E-state index contributed by atoms with van der Waals surface area (Å²) in [7, 11) is -0.00796. The molecule has 1 saturated heterocycles. The monoisotopic (exact) mass is 635 g/mol. The molecule has 0 aromatic heterocycles. The van der Waals surface area contributed by atoms with E-state index >= 15 is 0 Å². The molecule has 0 saturated carbocycles. The first-order valence-electron chi connectivity index (χ1n) is 15.0. The summed E-state index contributed by atoms with van der Waals surface area (Å²) in [5.41, 5.74) is 1.74. The number of nitrogens with zero attached hydrogens (tertiary/aromatic N) is 3. The fraction of sp³-hybridized carbons (Fsp3) is 0.364. The molecular formula is C33H41N5O6S. The summed E-state index contributed by atoms with van der Waals surface area (Å²) in [5, 5.41) is 6.89. The van der Waals surface area contributed by atoms with Gasteiger partial charge in [0, 0.05) is 63.3 Å². The van der Waals surface area contributed by atoms with Crippen molar-refractivity contribution < 1.29 is 27.5 Å². The number of hydrogen-bond donors (Lipinski definition) is 2. The Morgan fingerprint density at radius 1 is 0.933 bits per heavy atom. The minimum Gasteiger partial charge on any atom is -0.445 e. The lowest BCUT2D eigenvalue weighted by atomic mass is 10.1. The Balaban J connectivity index is 1.41. The second-order valence-corrected chi connectivity index (χ2v) is 12.9. The van der Waals surface area contributed by atoms with Gasteiger partial charge in [0.25, 0.3) is 0 Å². The molecule has 2 N–H and O–H groups in total. The predicted molar refractivity (Wildman–Crippen MR) is 174 cm³/mol. The Hall–Kier alpha value is -4.42. The number of piperazine rings is 1. The fourth-order valence-corrected chi connectivity index (χ4v) is 6.94. The van der Waals surface area contributed by atoms with E-state index in [1.165, 1.54) is 10.4 Å². The van der Waals surface area contributed by atoms with Crippen LogP contribution in [-0.4, -0.2) is 88.4 Å². The van der Waals surface area contributed by atoms with Crippen LogP contribution in [0, 0.1) is 0 Å². The van der Waals surface area contributed by atoms with Gasteiger partial charge in [0.2, 0.25) is 21.8 Å². The number of anilines is 1. The van der Waals surface area contributed by atoms with Gasteiger partial charge in [-0.1, -0.05) is 61.2 Å². The maximum atomic E-state index is 13.8. The molecule has 0 aliphatic carbocycles. The lowest BCUT2D eigenvalue weighted by Crippen LogP contribution is -2.55. The molecule has 4 rings (SSSR count). The number of ether oxygens (including phenoxy) is 1. The Morgan fingerprint density at radius 3 is 2.31 bits per heavy atom. The zero-order valence-electron chi connectivity index (χ0n) is 25.8. The molecule has 240 valence electrons. The van der Waals surface area contributed by atoms with Crippen LogP contribution < -0.4 is 15.5 Å². The summed E-state index contributed by atoms with van der Waals surface area (Å²) in [6, 6.07) is 19.2. The van der Waals surface area contributed by atoms with E-state index in [1.54, 1.807) is 17.0 Å². The SMILES string of the molecule is C=CC(=O)NCCCC[C@H](NC(=O)OCc1ccccc1)C(=O)N1CCN(S(=O)(=O)c2cccc3c(N(C)C)cccc23)CC1. The number of rotatable bonds is 13. The molecule has 0 unspecified atom stereocenters. The minimum atomic E-state index is -3.84. The first-order chi connectivity index (χ1) is 21.6. The van der Waals surface area contributed by atoms with Crippen molar-refractivity contribution in [2.75, 3.05) is 51.7 Å². The number of alkyl carbamates (subject to hydrolysis) is 1. The van der Waals surface area contributed by atoms with E-state index in [9.17, 15) is 22.8 Å². The smallest absolute Gasteiger partial charge is 0.408 e. The molecule has 1 fully saturated rings. The number of benzene rings is 3. The highest BCUT2D eigenvalue weighted by Crippen LogP contribution is 2.32. The Bertz CT molecular complexity index is 1600. The topological polar surface area (TPSA) is 128 Å². The Kier molecular flexibility index (Phi) is 11.6. The molecule has 12 heteroatoms. The van der Waals surface area contributed by atoms with Crippen LogP contribution in [0.25, 0.3) is 10.8 Å². The molecule has 11 nitrogen and oxygen atoms in total. The first-order valence-corrected chi connectivity index (χ1v) is 16.4. The molecular weight excluding hydrogens is 594 g/mol. The summed E-state index contributed by atoms with van der Waals surface area (Å²) < 4.78 is 34.4. The molecule has 3 aromatic carbocycles. The number of hydrogen-bond acceptors (Lipinski definition) is 7. The molecule has 0 radical (unpaired) electrons. The van der Waals surface area contributed by atoms with Gasteiger partial charge in [-0.05, 0) is 43.0 Å². The van der Waals surface area contributed by atoms with Gasteiger partial charge in [0.1, 0.15) is 12.6 Å². The normalized spacial score (nSPS) is 14.4. The predicted octanol–water partition coefficient (Wildman–Crippen LogP) is 3.51. The van der Waals surface area contributed by atoms with E-state index < -0.39 is 22.2 Å². The maximum Gasteiger partial charge on any atom is 0.408 e. The molecule has 1 aliphatic rings. The first kappa shape index (κ1) is 33.5. The van der Waals surface area contributed by atoms with Gasteiger partial charge in [0.15, 0.2) is 0 Å². The molecule has 1 heterocycles. The van der Waals surface area contributed by atoms with Crippen molar-refractivity contribution in [1.82, 2.24) is 19.8 Å². The van der Waals surface area contributed by atoms with Gasteiger partial charge in [-0.2, -0.15) is 4.31 Å². The second-order valence-electron chi connectivity index (χ2n) is 11.0. The molecule has 0 spiro atoms. The standard InChI is InChI=1S/C33H41N5O6S/c1-4-31(39)34-19-9-8-16-28(35-33(41)44-24-25-12-6-5-7-13-25)32(40)37-20-22-38(23-21-37)45(42,43)30-18-11-14-26-27(30)15-10-17-29(26)36(2)3/h4-7,10-15,17-18,28H,1,8-9,16,19-24H2,2-3H3,(H,34,39)(H,35,41)/t28-/m0/s1. The van der Waals surface area contributed by atoms with E-state index in [0.717, 1.165) is 16.6 Å². The number of unbranched alkanes of at least 4 members (excludes halogenated alkanes) is 1. The number of sulfonamides is 1. The van der Waals surface area contributed by atoms with Crippen LogP contribution in [0.2, 0.25) is 0 Å². The zero-order chi connectivity index (χ0) is 32.4. The van der Waals surface area contributed by atoms with Crippen molar-refractivity contribution in [3.8, 4) is 0 Å². The summed E-state index contributed by atoms with van der Waals surface area (Å²) in [4.78, 5) is 41.5. The van der Waals surface area contributed by atoms with Crippen molar-refractivity contribution in [2.24, 2.45) is 0 Å². The highest BCUT2D eigenvalue weighted by molar-refractivity contribution is 7.89. The van der Waals surface area contributed by atoms with Crippen LogP contribution in [0.4, 0.5) is 10.5 Å². The second kappa shape index (κ2) is 15.5. The van der Waals surface area contributed by atoms with Crippen LogP contribution in [0.15, 0.2) is 84.3 Å². The van der Waals surface area contributed by atoms with Crippen molar-refractivity contribution in [2.45, 2.75) is 36.8 Å². The van der Waals surface area contributed by atoms with Crippen LogP contribution in [-0.2, 0) is 31.0 Å². The molecule has 45 heavy (non-hydrogen) atoms. The van der Waals surface area contributed by atoms with Crippen molar-refractivity contribution in [1.29, 1.82) is 0 Å². The molecule has 1 aliphatic heterocycles. The summed E-state index contributed by atoms with van der Waals surface area (Å²) in [6.45, 7) is 4.50. The highest BCUT2D eigenvalue weighted by Gasteiger charge is 2.34. The van der Waals surface area contributed by atoms with Gasteiger partial charge in [-0.15, -0.1) is 0 Å². The van der Waals surface area contributed by atoms with E-state index in [1.807, 2.05) is 73.6 Å². The number of fused-ring (bicyclic) bond motifs is 1. The van der Waals surface area contributed by atoms with Gasteiger partial charge in [-0.3, -0.25) is 9.59 Å². The summed E-state index contributed by atoms with van der Waals surface area (Å²) in [5.74, 6) is -0.584. The van der Waals surface area contributed by atoms with E-state index in [0.29, 0.717) is 31.2 Å². The van der Waals surface area contributed by atoms with E-state index in [-0.39, 0.29) is 49.5 Å². The van der Waals surface area contributed by atoms with Crippen LogP contribution in [0.5, 0.6) is 0 Å². The Labute approximate surface area is 264 Å². The number of carbonyl (C=O) groups is 3. The van der Waals surface area contributed by atoms with E-state index in [2.05, 4.69) is 17.2 Å². The number of nitrogens with one attached hydrogen (secondary N) is 2.